The van der Waals surface area contributed by atoms with Crippen LogP contribution in [0, 0.1) is 0 Å². The van der Waals surface area contributed by atoms with Crippen LogP contribution in [0.25, 0.3) is 0 Å². The number of furan rings is 1. The van der Waals surface area contributed by atoms with Gasteiger partial charge in [0, 0.05) is 0 Å². The lowest BCUT2D eigenvalue weighted by Gasteiger charge is -2.05. The van der Waals surface area contributed by atoms with Crippen molar-refractivity contribution in [1.29, 1.82) is 0 Å². The molecule has 0 fully saturated rings. The molecule has 1 heterocycles. The highest BCUT2D eigenvalue weighted by molar-refractivity contribution is 5.71. The Morgan fingerprint density at radius 3 is 3.08 bits per heavy atom. The minimum Gasteiger partial charge on any atom is -0.479 e. The predicted octanol–water partition coefficient (Wildman–Crippen LogP) is 1.27. The fourth-order valence-electron chi connectivity index (χ4n) is 0.673. The van der Waals surface area contributed by atoms with Crippen LogP contribution >= 0.6 is 0 Å². The smallest absolute Gasteiger partial charge is 0.332 e. The third-order valence-corrected chi connectivity index (χ3v) is 1.40. The molecule has 1 N–H and O–H groups in total. The van der Waals surface area contributed by atoms with Gasteiger partial charge in [-0.1, -0.05) is 0 Å². The molecule has 0 unspecified atom stereocenters. The number of aliphatic carboxylic acids is 1. The first-order chi connectivity index (χ1) is 5.70. The Morgan fingerprint density at radius 2 is 2.58 bits per heavy atom. The zero-order chi connectivity index (χ0) is 8.97. The fourth-order valence-corrected chi connectivity index (χ4v) is 0.673. The molecule has 1 rings (SSSR count). The number of carboxylic acids is 1. The zero-order valence-electron chi connectivity index (χ0n) is 6.69. The van der Waals surface area contributed by atoms with Crippen molar-refractivity contribution in [3.63, 3.8) is 0 Å². The van der Waals surface area contributed by atoms with Gasteiger partial charge in [0.05, 0.1) is 6.26 Å². The van der Waals surface area contributed by atoms with E-state index in [1.165, 1.54) is 13.2 Å². The van der Waals surface area contributed by atoms with Crippen LogP contribution in [0.1, 0.15) is 12.7 Å². The average Bonchev–Trinajstić information content (AvgIpc) is 2.51. The SMILES string of the molecule is C[C@@H](OCc1ccco1)C(=O)O. The van der Waals surface area contributed by atoms with E-state index in [9.17, 15) is 4.79 Å². The van der Waals surface area contributed by atoms with E-state index >= 15 is 0 Å². The second-order valence-corrected chi connectivity index (χ2v) is 2.37. The lowest BCUT2D eigenvalue weighted by molar-refractivity contribution is -0.150. The minimum absolute atomic E-state index is 0.195. The van der Waals surface area contributed by atoms with Crippen molar-refractivity contribution in [3.8, 4) is 0 Å². The van der Waals surface area contributed by atoms with E-state index in [1.807, 2.05) is 0 Å². The van der Waals surface area contributed by atoms with Crippen LogP contribution in [0.4, 0.5) is 0 Å². The average molecular weight is 170 g/mol. The Bertz CT molecular complexity index is 240. The maximum Gasteiger partial charge on any atom is 0.332 e. The van der Waals surface area contributed by atoms with E-state index in [4.69, 9.17) is 14.3 Å². The Hall–Kier alpha value is -1.29. The number of hydrogen-bond acceptors (Lipinski definition) is 3. The molecule has 0 aliphatic rings. The number of hydrogen-bond donors (Lipinski definition) is 1. The maximum atomic E-state index is 10.3. The summed E-state index contributed by atoms with van der Waals surface area (Å²) in [4.78, 5) is 10.3. The first kappa shape index (κ1) is 8.80. The summed E-state index contributed by atoms with van der Waals surface area (Å²) in [5.41, 5.74) is 0. The van der Waals surface area contributed by atoms with Crippen molar-refractivity contribution in [2.45, 2.75) is 19.6 Å². The Morgan fingerprint density at radius 1 is 1.83 bits per heavy atom. The molecular weight excluding hydrogens is 160 g/mol. The molecule has 0 saturated carbocycles. The monoisotopic (exact) mass is 170 g/mol. The van der Waals surface area contributed by atoms with Gasteiger partial charge in [0.1, 0.15) is 12.4 Å². The predicted molar refractivity (Wildman–Crippen MR) is 40.6 cm³/mol. The topological polar surface area (TPSA) is 59.7 Å². The lowest BCUT2D eigenvalue weighted by atomic mass is 10.4. The molecule has 1 aromatic heterocycles. The van der Waals surface area contributed by atoms with E-state index in [1.54, 1.807) is 12.1 Å². The second-order valence-electron chi connectivity index (χ2n) is 2.37. The number of carbonyl (C=O) groups is 1. The summed E-state index contributed by atoms with van der Waals surface area (Å²) >= 11 is 0. The van der Waals surface area contributed by atoms with Crippen molar-refractivity contribution in [2.75, 3.05) is 0 Å². The largest absolute Gasteiger partial charge is 0.479 e. The number of ether oxygens (including phenoxy) is 1. The van der Waals surface area contributed by atoms with Gasteiger partial charge in [-0.3, -0.25) is 0 Å². The van der Waals surface area contributed by atoms with Gasteiger partial charge >= 0.3 is 5.97 Å². The molecule has 0 spiro atoms. The molecule has 0 amide bonds. The van der Waals surface area contributed by atoms with Gasteiger partial charge in [0.15, 0.2) is 6.10 Å². The standard InChI is InChI=1S/C8H10O4/c1-6(8(9)10)12-5-7-3-2-4-11-7/h2-4,6H,5H2,1H3,(H,9,10)/t6-/m1/s1. The maximum absolute atomic E-state index is 10.3. The summed E-state index contributed by atoms with van der Waals surface area (Å²) in [7, 11) is 0. The lowest BCUT2D eigenvalue weighted by Crippen LogP contribution is -2.19. The Kier molecular flexibility index (Phi) is 2.88. The van der Waals surface area contributed by atoms with Gasteiger partial charge in [-0.25, -0.2) is 4.79 Å². The molecule has 0 aliphatic carbocycles. The molecule has 4 heteroatoms. The van der Waals surface area contributed by atoms with Gasteiger partial charge in [-0.05, 0) is 19.1 Å². The van der Waals surface area contributed by atoms with Gasteiger partial charge < -0.3 is 14.3 Å². The quantitative estimate of drug-likeness (QED) is 0.739. The summed E-state index contributed by atoms with van der Waals surface area (Å²) in [6.07, 6.45) is 0.722. The van der Waals surface area contributed by atoms with Gasteiger partial charge in [0.2, 0.25) is 0 Å². The van der Waals surface area contributed by atoms with Crippen LogP contribution in [0.3, 0.4) is 0 Å². The summed E-state index contributed by atoms with van der Waals surface area (Å²) in [5, 5.41) is 8.46. The third-order valence-electron chi connectivity index (χ3n) is 1.40. The second kappa shape index (κ2) is 3.92. The third kappa shape index (κ3) is 2.39. The van der Waals surface area contributed by atoms with Crippen LogP contribution in [0.15, 0.2) is 22.8 Å². The Labute approximate surface area is 69.8 Å². The van der Waals surface area contributed by atoms with E-state index in [0.29, 0.717) is 5.76 Å². The molecule has 0 radical (unpaired) electrons. The first-order valence-corrected chi connectivity index (χ1v) is 3.57. The summed E-state index contributed by atoms with van der Waals surface area (Å²) in [6.45, 7) is 1.67. The van der Waals surface area contributed by atoms with Crippen molar-refractivity contribution in [2.24, 2.45) is 0 Å². The van der Waals surface area contributed by atoms with E-state index in [-0.39, 0.29) is 6.61 Å². The van der Waals surface area contributed by atoms with Crippen LogP contribution < -0.4 is 0 Å². The van der Waals surface area contributed by atoms with Crippen molar-refractivity contribution < 1.29 is 19.1 Å². The summed E-state index contributed by atoms with van der Waals surface area (Å²) in [5.74, 6) is -0.343. The molecule has 1 atom stereocenters. The molecule has 12 heavy (non-hydrogen) atoms. The van der Waals surface area contributed by atoms with Crippen molar-refractivity contribution >= 4 is 5.97 Å². The highest BCUT2D eigenvalue weighted by atomic mass is 16.5. The highest BCUT2D eigenvalue weighted by Gasteiger charge is 2.11. The Balaban J connectivity index is 2.31. The number of rotatable bonds is 4. The summed E-state index contributed by atoms with van der Waals surface area (Å²) < 4.78 is 9.90. The molecule has 0 aliphatic heterocycles. The van der Waals surface area contributed by atoms with E-state index in [2.05, 4.69) is 0 Å². The number of carboxylic acid groups (broad SMARTS) is 1. The van der Waals surface area contributed by atoms with Crippen molar-refractivity contribution in [1.82, 2.24) is 0 Å². The van der Waals surface area contributed by atoms with Gasteiger partial charge in [-0.2, -0.15) is 0 Å². The minimum atomic E-state index is -0.971. The molecule has 0 aromatic carbocycles. The molecule has 66 valence electrons. The van der Waals surface area contributed by atoms with Gasteiger partial charge in [-0.15, -0.1) is 0 Å². The molecule has 1 aromatic rings. The normalized spacial score (nSPS) is 12.8. The highest BCUT2D eigenvalue weighted by Crippen LogP contribution is 2.03. The van der Waals surface area contributed by atoms with Crippen LogP contribution in [-0.2, 0) is 16.1 Å². The van der Waals surface area contributed by atoms with Crippen LogP contribution in [0.2, 0.25) is 0 Å². The van der Waals surface area contributed by atoms with Crippen molar-refractivity contribution in [3.05, 3.63) is 24.2 Å². The zero-order valence-corrected chi connectivity index (χ0v) is 6.69. The molecule has 0 saturated heterocycles. The van der Waals surface area contributed by atoms with Crippen LogP contribution in [-0.4, -0.2) is 17.2 Å². The van der Waals surface area contributed by atoms with Crippen LogP contribution in [0.5, 0.6) is 0 Å². The first-order valence-electron chi connectivity index (χ1n) is 3.57. The molecular formula is C8H10O4. The summed E-state index contributed by atoms with van der Waals surface area (Å²) in [6, 6.07) is 3.46. The fraction of sp³-hybridized carbons (Fsp3) is 0.375. The molecule has 4 nitrogen and oxygen atoms in total. The van der Waals surface area contributed by atoms with E-state index < -0.39 is 12.1 Å². The molecule has 0 bridgehead atoms. The van der Waals surface area contributed by atoms with Gasteiger partial charge in [0.25, 0.3) is 0 Å². The van der Waals surface area contributed by atoms with E-state index in [0.717, 1.165) is 0 Å².